The molecule has 0 saturated carbocycles. The Bertz CT molecular complexity index is 1030. The molecule has 0 bridgehead atoms. The minimum atomic E-state index is -2.92. The molecule has 3 rings (SSSR count). The normalized spacial score (nSPS) is 13.0. The van der Waals surface area contributed by atoms with Crippen molar-refractivity contribution in [1.82, 2.24) is 0 Å². The first kappa shape index (κ1) is 25.3. The highest BCUT2D eigenvalue weighted by Crippen LogP contribution is 2.41. The zero-order valence-corrected chi connectivity index (χ0v) is 23.2. The zero-order valence-electron chi connectivity index (χ0n) is 21.2. The van der Waals surface area contributed by atoms with Gasteiger partial charge in [0.05, 0.1) is 0 Å². The van der Waals surface area contributed by atoms with Gasteiger partial charge in [-0.15, -0.1) is 0 Å². The Balaban J connectivity index is 2.17. The van der Waals surface area contributed by atoms with Crippen LogP contribution in [0.25, 0.3) is 0 Å². The van der Waals surface area contributed by atoms with Gasteiger partial charge in [-0.2, -0.15) is 0 Å². The van der Waals surface area contributed by atoms with Crippen LogP contribution in [0.4, 0.5) is 4.39 Å². The van der Waals surface area contributed by atoms with Gasteiger partial charge in [0.2, 0.25) is 8.32 Å². The summed E-state index contributed by atoms with van der Waals surface area (Å²) in [5.41, 5.74) is 0. The van der Waals surface area contributed by atoms with Crippen LogP contribution in [0.1, 0.15) is 41.5 Å². The van der Waals surface area contributed by atoms with Crippen LogP contribution in [-0.4, -0.2) is 16.6 Å². The molecule has 33 heavy (non-hydrogen) atoms. The van der Waals surface area contributed by atoms with E-state index in [1.807, 2.05) is 36.4 Å². The monoisotopic (exact) mass is 480 g/mol. The predicted octanol–water partition coefficient (Wildman–Crippen LogP) is 7.15. The molecule has 0 amide bonds. The van der Waals surface area contributed by atoms with Crippen molar-refractivity contribution < 1.29 is 13.2 Å². The van der Waals surface area contributed by atoms with Gasteiger partial charge in [-0.25, -0.2) is 4.39 Å². The quantitative estimate of drug-likeness (QED) is 0.349. The van der Waals surface area contributed by atoms with Gasteiger partial charge in [-0.05, 0) is 45.7 Å². The number of hydrogen-bond acceptors (Lipinski definition) is 2. The van der Waals surface area contributed by atoms with Crippen LogP contribution in [0.2, 0.25) is 23.2 Å². The van der Waals surface area contributed by atoms with E-state index in [1.165, 1.54) is 6.07 Å². The van der Waals surface area contributed by atoms with Gasteiger partial charge in [0.1, 0.15) is 11.5 Å². The van der Waals surface area contributed by atoms with E-state index in [9.17, 15) is 0 Å². The lowest BCUT2D eigenvalue weighted by Gasteiger charge is -2.43. The molecule has 0 fully saturated rings. The first-order valence-corrected chi connectivity index (χ1v) is 16.4. The molecule has 0 N–H and O–H groups in total. The van der Waals surface area contributed by atoms with E-state index in [0.717, 1.165) is 10.4 Å². The van der Waals surface area contributed by atoms with Gasteiger partial charge in [0.15, 0.2) is 5.82 Å². The summed E-state index contributed by atoms with van der Waals surface area (Å²) in [7, 11) is -5.00. The molecule has 0 radical (unpaired) electrons. The molecule has 3 aromatic carbocycles. The Morgan fingerprint density at radius 3 is 1.55 bits per heavy atom. The smallest absolute Gasteiger partial charge is 0.320 e. The fraction of sp³-hybridized carbons (Fsp3) is 0.357. The van der Waals surface area contributed by atoms with Crippen LogP contribution < -0.4 is 19.2 Å². The van der Waals surface area contributed by atoms with Gasteiger partial charge < -0.3 is 8.85 Å². The standard InChI is InChI=1S/C28H37FO2Si2/c1-27(2,3)32(7,8)30-22-19-20-25(29)26(21-22)31-33(28(4,5)6,23-15-11-9-12-16-23)24-17-13-10-14-18-24/h9-21H,1-8H3. The van der Waals surface area contributed by atoms with Crippen LogP contribution in [-0.2, 0) is 0 Å². The predicted molar refractivity (Wildman–Crippen MR) is 142 cm³/mol. The second kappa shape index (κ2) is 9.11. The summed E-state index contributed by atoms with van der Waals surface area (Å²) in [6.07, 6.45) is 0. The number of rotatable bonds is 6. The highest BCUT2D eigenvalue weighted by Gasteiger charge is 2.52. The van der Waals surface area contributed by atoms with Crippen molar-refractivity contribution in [1.29, 1.82) is 0 Å². The molecule has 2 nitrogen and oxygen atoms in total. The van der Waals surface area contributed by atoms with Gasteiger partial charge in [-0.1, -0.05) is 102 Å². The Morgan fingerprint density at radius 1 is 0.636 bits per heavy atom. The maximum Gasteiger partial charge on any atom is 0.320 e. The second-order valence-corrected chi connectivity index (χ2v) is 20.2. The third-order valence-corrected chi connectivity index (χ3v) is 16.1. The van der Waals surface area contributed by atoms with Gasteiger partial charge in [0, 0.05) is 6.07 Å². The number of halogens is 1. The molecular weight excluding hydrogens is 443 g/mol. The van der Waals surface area contributed by atoms with Crippen LogP contribution in [0, 0.1) is 5.82 Å². The van der Waals surface area contributed by atoms with E-state index in [1.54, 1.807) is 12.1 Å². The lowest BCUT2D eigenvalue weighted by Crippen LogP contribution is -2.68. The van der Waals surface area contributed by atoms with Crippen LogP contribution in [0.5, 0.6) is 11.5 Å². The summed E-state index contributed by atoms with van der Waals surface area (Å²) in [5.74, 6) is 0.544. The second-order valence-electron chi connectivity index (χ2n) is 11.2. The first-order valence-electron chi connectivity index (χ1n) is 11.6. The van der Waals surface area contributed by atoms with E-state index in [-0.39, 0.29) is 21.6 Å². The average Bonchev–Trinajstić information content (AvgIpc) is 2.73. The molecular formula is C28H37FO2Si2. The minimum Gasteiger partial charge on any atom is -0.543 e. The molecule has 0 aromatic heterocycles. The van der Waals surface area contributed by atoms with Gasteiger partial charge in [-0.3, -0.25) is 0 Å². The molecule has 0 heterocycles. The molecule has 3 aromatic rings. The fourth-order valence-electron chi connectivity index (χ4n) is 3.89. The summed E-state index contributed by atoms with van der Waals surface area (Å²) in [4.78, 5) is 0. The fourth-order valence-corrected chi connectivity index (χ4v) is 9.33. The maximum absolute atomic E-state index is 15.2. The van der Waals surface area contributed by atoms with E-state index >= 15 is 4.39 Å². The van der Waals surface area contributed by atoms with Crippen LogP contribution in [0.15, 0.2) is 78.9 Å². The average molecular weight is 481 g/mol. The molecule has 0 atom stereocenters. The van der Waals surface area contributed by atoms with Crippen molar-refractivity contribution in [2.24, 2.45) is 0 Å². The lowest BCUT2D eigenvalue weighted by atomic mass is 10.2. The Morgan fingerprint density at radius 2 is 1.12 bits per heavy atom. The Kier molecular flexibility index (Phi) is 6.97. The van der Waals surface area contributed by atoms with Crippen LogP contribution in [0.3, 0.4) is 0 Å². The van der Waals surface area contributed by atoms with Crippen molar-refractivity contribution in [2.45, 2.75) is 64.7 Å². The third-order valence-electron chi connectivity index (χ3n) is 6.76. The molecule has 0 unspecified atom stereocenters. The lowest BCUT2D eigenvalue weighted by molar-refractivity contribution is 0.456. The number of hydrogen-bond donors (Lipinski definition) is 0. The molecule has 0 aliphatic carbocycles. The molecule has 0 aliphatic heterocycles. The molecule has 176 valence electrons. The molecule has 0 saturated heterocycles. The van der Waals surface area contributed by atoms with Crippen molar-refractivity contribution in [3.8, 4) is 11.5 Å². The largest absolute Gasteiger partial charge is 0.543 e. The van der Waals surface area contributed by atoms with E-state index < -0.39 is 16.6 Å². The van der Waals surface area contributed by atoms with Crippen molar-refractivity contribution in [3.05, 3.63) is 84.7 Å². The first-order chi connectivity index (χ1) is 15.3. The zero-order chi connectivity index (χ0) is 24.5. The highest BCUT2D eigenvalue weighted by molar-refractivity contribution is 7.00. The summed E-state index contributed by atoms with van der Waals surface area (Å²) in [6.45, 7) is 17.5. The summed E-state index contributed by atoms with van der Waals surface area (Å²) in [6, 6.07) is 25.5. The van der Waals surface area contributed by atoms with Crippen molar-refractivity contribution in [2.75, 3.05) is 0 Å². The van der Waals surface area contributed by atoms with Crippen molar-refractivity contribution in [3.63, 3.8) is 0 Å². The SMILES string of the molecule is CC(C)(C)[Si](C)(C)Oc1ccc(F)c(O[Si](c2ccccc2)(c2ccccc2)C(C)(C)C)c1. The topological polar surface area (TPSA) is 18.5 Å². The number of benzene rings is 3. The van der Waals surface area contributed by atoms with Crippen molar-refractivity contribution >= 4 is 27.0 Å². The minimum absolute atomic E-state index is 0.0421. The maximum atomic E-state index is 15.2. The van der Waals surface area contributed by atoms with E-state index in [2.05, 4.69) is 78.9 Å². The molecule has 0 spiro atoms. The van der Waals surface area contributed by atoms with Crippen LogP contribution >= 0.6 is 0 Å². The summed E-state index contributed by atoms with van der Waals surface area (Å²) < 4.78 is 28.6. The summed E-state index contributed by atoms with van der Waals surface area (Å²) >= 11 is 0. The molecule has 0 aliphatic rings. The van der Waals surface area contributed by atoms with Gasteiger partial charge in [0.25, 0.3) is 0 Å². The third kappa shape index (κ3) is 5.09. The van der Waals surface area contributed by atoms with E-state index in [0.29, 0.717) is 5.75 Å². The van der Waals surface area contributed by atoms with E-state index in [4.69, 9.17) is 8.85 Å². The summed E-state index contributed by atoms with van der Waals surface area (Å²) in [5, 5.41) is 2.01. The van der Waals surface area contributed by atoms with Gasteiger partial charge >= 0.3 is 8.32 Å². The molecule has 5 heteroatoms. The Hall–Kier alpha value is -2.38. The Labute approximate surface area is 201 Å². The highest BCUT2D eigenvalue weighted by atomic mass is 28.4.